The van der Waals surface area contributed by atoms with Crippen molar-refractivity contribution in [2.45, 2.75) is 25.3 Å². The molecule has 2 aromatic heterocycles. The van der Waals surface area contributed by atoms with E-state index in [4.69, 9.17) is 0 Å². The predicted molar refractivity (Wildman–Crippen MR) is 102 cm³/mol. The molecule has 5 nitrogen and oxygen atoms in total. The largest absolute Gasteiger partial charge is 0.385 e. The fourth-order valence-electron chi connectivity index (χ4n) is 3.83. The molecule has 0 radical (unpaired) electrons. The van der Waals surface area contributed by atoms with E-state index in [2.05, 4.69) is 27.7 Å². The van der Waals surface area contributed by atoms with E-state index in [1.54, 1.807) is 11.3 Å². The number of thiophene rings is 1. The molecule has 1 aliphatic rings. The highest BCUT2D eigenvalue weighted by Crippen LogP contribution is 2.41. The number of allylic oxidation sites excluding steroid dienone is 2. The zero-order chi connectivity index (χ0) is 18.3. The highest BCUT2D eigenvalue weighted by atomic mass is 32.1. The molecule has 4 rings (SSSR count). The van der Waals surface area contributed by atoms with E-state index in [9.17, 15) is 10.5 Å². The lowest BCUT2D eigenvalue weighted by Crippen LogP contribution is -2.48. The number of aromatic amines is 1. The Labute approximate surface area is 155 Å². The van der Waals surface area contributed by atoms with Crippen molar-refractivity contribution in [2.75, 3.05) is 0 Å². The highest BCUT2D eigenvalue weighted by molar-refractivity contribution is 7.13. The molecular weight excluding hydrogens is 342 g/mol. The fraction of sp³-hybridized carbons (Fsp3) is 0.250. The first-order valence-electron chi connectivity index (χ1n) is 8.38. The van der Waals surface area contributed by atoms with Gasteiger partial charge in [-0.15, -0.1) is 11.3 Å². The minimum Gasteiger partial charge on any atom is -0.385 e. The van der Waals surface area contributed by atoms with Crippen LogP contribution in [-0.2, 0) is 5.41 Å². The lowest BCUT2D eigenvalue weighted by atomic mass is 9.67. The average molecular weight is 359 g/mol. The lowest BCUT2D eigenvalue weighted by molar-refractivity contribution is 0.363. The molecular formula is C20H17N5S. The molecule has 1 aliphatic heterocycles. The summed E-state index contributed by atoms with van der Waals surface area (Å²) in [6, 6.07) is 14.6. The molecule has 0 fully saturated rings. The number of rotatable bonds is 2. The Kier molecular flexibility index (Phi) is 3.79. The van der Waals surface area contributed by atoms with E-state index in [0.717, 1.165) is 32.7 Å². The summed E-state index contributed by atoms with van der Waals surface area (Å²) in [7, 11) is 0. The van der Waals surface area contributed by atoms with E-state index in [-0.39, 0.29) is 6.04 Å². The zero-order valence-corrected chi connectivity index (χ0v) is 15.3. The van der Waals surface area contributed by atoms with Crippen LogP contribution in [0, 0.1) is 28.6 Å². The molecule has 0 bridgehead atoms. The highest BCUT2D eigenvalue weighted by Gasteiger charge is 2.45. The van der Waals surface area contributed by atoms with Crippen molar-refractivity contribution in [1.82, 2.24) is 15.5 Å². The van der Waals surface area contributed by atoms with E-state index in [0.29, 0.717) is 0 Å². The number of hydrogen-bond acceptors (Lipinski definition) is 5. The fourth-order valence-corrected chi connectivity index (χ4v) is 4.55. The van der Waals surface area contributed by atoms with Crippen LogP contribution in [0.5, 0.6) is 0 Å². The Morgan fingerprint density at radius 2 is 2.12 bits per heavy atom. The molecule has 0 spiro atoms. The molecule has 0 saturated carbocycles. The van der Waals surface area contributed by atoms with Crippen molar-refractivity contribution < 1.29 is 0 Å². The maximum absolute atomic E-state index is 10.1. The molecule has 26 heavy (non-hydrogen) atoms. The van der Waals surface area contributed by atoms with Crippen LogP contribution < -0.4 is 5.32 Å². The van der Waals surface area contributed by atoms with Gasteiger partial charge in [0.25, 0.3) is 0 Å². The van der Waals surface area contributed by atoms with Crippen LogP contribution in [-0.4, -0.2) is 16.2 Å². The normalized spacial score (nSPS) is 25.2. The number of nitrogens with one attached hydrogen (secondary N) is 2. The Bertz CT molecular complexity index is 1080. The Hall–Kier alpha value is -3.09. The number of fused-ring (bicyclic) bond motifs is 1. The van der Waals surface area contributed by atoms with Crippen molar-refractivity contribution >= 4 is 22.2 Å². The topological polar surface area (TPSA) is 88.3 Å². The number of nitriles is 2. The number of benzene rings is 1. The molecule has 3 atom stereocenters. The summed E-state index contributed by atoms with van der Waals surface area (Å²) >= 11 is 1.63. The lowest BCUT2D eigenvalue weighted by Gasteiger charge is -2.38. The van der Waals surface area contributed by atoms with Crippen molar-refractivity contribution in [3.05, 3.63) is 53.0 Å². The van der Waals surface area contributed by atoms with Crippen LogP contribution in [0.3, 0.4) is 0 Å². The van der Waals surface area contributed by atoms with Crippen LogP contribution in [0.1, 0.15) is 19.4 Å². The van der Waals surface area contributed by atoms with Gasteiger partial charge in [-0.3, -0.25) is 5.10 Å². The Morgan fingerprint density at radius 1 is 1.27 bits per heavy atom. The number of nitrogens with zero attached hydrogens (tertiary/aromatic N) is 3. The van der Waals surface area contributed by atoms with Gasteiger partial charge in [-0.1, -0.05) is 12.1 Å². The van der Waals surface area contributed by atoms with E-state index in [1.165, 1.54) is 0 Å². The third kappa shape index (κ3) is 2.31. The van der Waals surface area contributed by atoms with Crippen LogP contribution in [0.4, 0.5) is 0 Å². The maximum Gasteiger partial charge on any atom is 0.120 e. The Balaban J connectivity index is 1.95. The summed E-state index contributed by atoms with van der Waals surface area (Å²) in [6.45, 7) is 3.88. The Morgan fingerprint density at radius 3 is 2.81 bits per heavy atom. The van der Waals surface area contributed by atoms with Crippen LogP contribution in [0.2, 0.25) is 0 Å². The molecule has 128 valence electrons. The number of aromatic nitrogens is 2. The average Bonchev–Trinajstić information content (AvgIpc) is 3.29. The smallest absolute Gasteiger partial charge is 0.120 e. The summed E-state index contributed by atoms with van der Waals surface area (Å²) < 4.78 is 0. The van der Waals surface area contributed by atoms with Gasteiger partial charge in [-0.25, -0.2) is 0 Å². The van der Waals surface area contributed by atoms with Gasteiger partial charge in [0.05, 0.1) is 28.5 Å². The third-order valence-electron chi connectivity index (χ3n) is 5.01. The van der Waals surface area contributed by atoms with Crippen LogP contribution in [0.15, 0.2) is 47.5 Å². The number of hydrogen-bond donors (Lipinski definition) is 2. The third-order valence-corrected chi connectivity index (χ3v) is 5.89. The minimum atomic E-state index is -0.984. The quantitative estimate of drug-likeness (QED) is 0.721. The second-order valence-corrected chi connectivity index (χ2v) is 7.61. The van der Waals surface area contributed by atoms with Gasteiger partial charge in [0.1, 0.15) is 11.1 Å². The van der Waals surface area contributed by atoms with Gasteiger partial charge in [-0.2, -0.15) is 15.6 Å². The summed E-state index contributed by atoms with van der Waals surface area (Å²) in [4.78, 5) is 1.07. The minimum absolute atomic E-state index is 0.110. The predicted octanol–water partition coefficient (Wildman–Crippen LogP) is 4.09. The molecule has 0 aliphatic carbocycles. The van der Waals surface area contributed by atoms with Crippen LogP contribution >= 0.6 is 11.3 Å². The van der Waals surface area contributed by atoms with Gasteiger partial charge in [0, 0.05) is 17.1 Å². The molecule has 3 aromatic rings. The van der Waals surface area contributed by atoms with Gasteiger partial charge in [-0.05, 0) is 49.1 Å². The van der Waals surface area contributed by atoms with Gasteiger partial charge >= 0.3 is 0 Å². The van der Waals surface area contributed by atoms with E-state index in [1.807, 2.05) is 55.6 Å². The molecule has 2 N–H and O–H groups in total. The first-order chi connectivity index (χ1) is 12.6. The standard InChI is InChI=1S/C20H17N5S/c1-12-9-20(11-22,16(10-21)13(2)23-12)14-5-6-17-15(8-14)19(25-24-17)18-4-3-7-26-18/h3-9,13,16,23H,1-2H3,(H,24,25). The first kappa shape index (κ1) is 16.4. The second-order valence-electron chi connectivity index (χ2n) is 6.66. The summed E-state index contributed by atoms with van der Waals surface area (Å²) in [5.74, 6) is -0.481. The molecule has 0 saturated heterocycles. The molecule has 0 amide bonds. The summed E-state index contributed by atoms with van der Waals surface area (Å²) in [5, 5.41) is 33.7. The summed E-state index contributed by atoms with van der Waals surface area (Å²) in [6.07, 6.45) is 1.88. The summed E-state index contributed by atoms with van der Waals surface area (Å²) in [5.41, 5.74) is 2.55. The molecule has 6 heteroatoms. The monoisotopic (exact) mass is 359 g/mol. The van der Waals surface area contributed by atoms with Gasteiger partial charge in [0.15, 0.2) is 0 Å². The first-order valence-corrected chi connectivity index (χ1v) is 9.26. The second kappa shape index (κ2) is 6.01. The van der Waals surface area contributed by atoms with Crippen LogP contribution in [0.25, 0.3) is 21.5 Å². The van der Waals surface area contributed by atoms with E-state index >= 15 is 0 Å². The maximum atomic E-state index is 10.1. The van der Waals surface area contributed by atoms with Gasteiger partial charge in [0.2, 0.25) is 0 Å². The molecule has 3 heterocycles. The van der Waals surface area contributed by atoms with Crippen molar-refractivity contribution in [1.29, 1.82) is 10.5 Å². The van der Waals surface area contributed by atoms with Gasteiger partial charge < -0.3 is 5.32 Å². The molecule has 1 aromatic carbocycles. The van der Waals surface area contributed by atoms with Crippen molar-refractivity contribution in [2.24, 2.45) is 5.92 Å². The SMILES string of the molecule is CC1=CC(C#N)(c2ccc3[nH]nc(-c4cccs4)c3c2)C(C#N)C(C)N1. The van der Waals surface area contributed by atoms with Crippen molar-refractivity contribution in [3.8, 4) is 22.7 Å². The van der Waals surface area contributed by atoms with E-state index < -0.39 is 11.3 Å². The zero-order valence-electron chi connectivity index (χ0n) is 14.4. The van der Waals surface area contributed by atoms with Crippen molar-refractivity contribution in [3.63, 3.8) is 0 Å². The molecule has 3 unspecified atom stereocenters. The number of H-pyrrole nitrogens is 1.